The smallest absolute Gasteiger partial charge is 0.387 e. The van der Waals surface area contributed by atoms with Crippen LogP contribution in [0.4, 0.5) is 20.2 Å². The van der Waals surface area contributed by atoms with Crippen molar-refractivity contribution in [3.8, 4) is 5.75 Å². The molecule has 3 amide bonds. The Labute approximate surface area is 208 Å². The Hall–Kier alpha value is -2.80. The molecule has 1 atom stereocenters. The lowest BCUT2D eigenvalue weighted by atomic mass is 10.2. The highest BCUT2D eigenvalue weighted by Crippen LogP contribution is 2.32. The lowest BCUT2D eigenvalue weighted by Gasteiger charge is -2.27. The molecule has 2 heterocycles. The third-order valence-corrected chi connectivity index (χ3v) is 6.56. The van der Waals surface area contributed by atoms with Crippen molar-refractivity contribution in [3.63, 3.8) is 0 Å². The molecule has 0 spiro atoms. The Kier molecular flexibility index (Phi) is 8.16. The number of amides is 3. The van der Waals surface area contributed by atoms with E-state index in [0.29, 0.717) is 21.5 Å². The van der Waals surface area contributed by atoms with Gasteiger partial charge in [-0.15, -0.1) is 11.3 Å². The van der Waals surface area contributed by atoms with Gasteiger partial charge in [-0.1, -0.05) is 11.6 Å². The molecule has 0 unspecified atom stereocenters. The highest BCUT2D eigenvalue weighted by atomic mass is 35.5. The molecule has 1 saturated heterocycles. The summed E-state index contributed by atoms with van der Waals surface area (Å²) in [5.41, 5.74) is 0.361. The summed E-state index contributed by atoms with van der Waals surface area (Å²) in [6.45, 7) is -2.70. The first kappa shape index (κ1) is 25.3. The minimum Gasteiger partial charge on any atom is -0.433 e. The molecule has 0 radical (unpaired) electrons. The molecule has 4 rings (SSSR count). The maximum Gasteiger partial charge on any atom is 0.387 e. The summed E-state index contributed by atoms with van der Waals surface area (Å²) in [5, 5.41) is 8.45. The fraction of sp³-hybridized carbons (Fsp3) is 0.409. The number of benzene rings is 1. The number of thiophene rings is 1. The summed E-state index contributed by atoms with van der Waals surface area (Å²) >= 11 is 6.99. The van der Waals surface area contributed by atoms with E-state index in [-0.39, 0.29) is 49.0 Å². The van der Waals surface area contributed by atoms with Gasteiger partial charge in [-0.25, -0.2) is 0 Å². The van der Waals surface area contributed by atoms with Gasteiger partial charge in [-0.3, -0.25) is 14.4 Å². The first-order valence-corrected chi connectivity index (χ1v) is 12.1. The molecule has 0 bridgehead atoms. The maximum absolute atomic E-state index is 13.1. The highest BCUT2D eigenvalue weighted by Gasteiger charge is 2.30. The second-order valence-electron chi connectivity index (χ2n) is 7.95. The van der Waals surface area contributed by atoms with Crippen LogP contribution in [-0.4, -0.2) is 62.7 Å². The van der Waals surface area contributed by atoms with Crippen LogP contribution in [0, 0.1) is 0 Å². The Bertz CT molecular complexity index is 1100. The fourth-order valence-corrected chi connectivity index (χ4v) is 4.43. The number of anilines is 2. The molecule has 2 aliphatic rings. The zero-order valence-corrected chi connectivity index (χ0v) is 20.0. The number of nitrogens with one attached hydrogen (secondary N) is 3. The van der Waals surface area contributed by atoms with Gasteiger partial charge in [-0.05, 0) is 37.1 Å². The van der Waals surface area contributed by atoms with Crippen LogP contribution in [0.15, 0.2) is 30.3 Å². The van der Waals surface area contributed by atoms with Gasteiger partial charge >= 0.3 is 6.61 Å². The first-order chi connectivity index (χ1) is 16.8. The summed E-state index contributed by atoms with van der Waals surface area (Å²) in [7, 11) is 0. The number of ether oxygens (including phenoxy) is 2. The van der Waals surface area contributed by atoms with Crippen LogP contribution in [-0.2, 0) is 14.3 Å². The molecule has 1 aliphatic heterocycles. The van der Waals surface area contributed by atoms with Crippen molar-refractivity contribution in [1.82, 2.24) is 10.6 Å². The topological polar surface area (TPSA) is 109 Å². The Morgan fingerprint density at radius 3 is 2.71 bits per heavy atom. The Balaban J connectivity index is 1.47. The average molecular weight is 529 g/mol. The highest BCUT2D eigenvalue weighted by molar-refractivity contribution is 7.18. The van der Waals surface area contributed by atoms with Gasteiger partial charge < -0.3 is 30.3 Å². The Morgan fingerprint density at radius 1 is 1.26 bits per heavy atom. The van der Waals surface area contributed by atoms with Crippen molar-refractivity contribution < 1.29 is 32.6 Å². The predicted octanol–water partition coefficient (Wildman–Crippen LogP) is 2.86. The van der Waals surface area contributed by atoms with E-state index >= 15 is 0 Å². The van der Waals surface area contributed by atoms with Gasteiger partial charge in [0.05, 0.1) is 21.5 Å². The van der Waals surface area contributed by atoms with Gasteiger partial charge in [0.25, 0.3) is 11.8 Å². The van der Waals surface area contributed by atoms with Crippen LogP contribution in [0.2, 0.25) is 4.34 Å². The summed E-state index contributed by atoms with van der Waals surface area (Å²) in [6.07, 6.45) is 1.78. The monoisotopic (exact) mass is 528 g/mol. The van der Waals surface area contributed by atoms with Gasteiger partial charge in [-0.2, -0.15) is 8.78 Å². The number of carbonyl (C=O) groups excluding carboxylic acids is 3. The number of nitrogens with zero attached hydrogens (tertiary/aromatic N) is 1. The quantitative estimate of drug-likeness (QED) is 0.437. The first-order valence-electron chi connectivity index (χ1n) is 10.9. The SMILES string of the molecule is O=C(NC[C@H](NC1CC1)C(=O)Nc1ccc(N2CCOCC2=O)cc1OC(F)F)c1ccc(Cl)s1. The maximum atomic E-state index is 13.1. The Morgan fingerprint density at radius 2 is 2.06 bits per heavy atom. The number of hydrogen-bond acceptors (Lipinski definition) is 7. The standard InChI is InChI=1S/C22H23ClF2N4O5S/c23-18-6-5-17(35-18)21(32)26-10-15(27-12-1-2-12)20(31)28-14-4-3-13(9-16(14)34-22(24)25)29-7-8-33-11-19(29)30/h3-6,9,12,15,22,27H,1-2,7-8,10-11H2,(H,26,32)(H,28,31)/t15-/m0/s1. The molecule has 9 nitrogen and oxygen atoms in total. The van der Waals surface area contributed by atoms with Crippen molar-refractivity contribution in [2.45, 2.75) is 31.5 Å². The van der Waals surface area contributed by atoms with E-state index in [4.69, 9.17) is 16.3 Å². The minimum absolute atomic E-state index is 0.0127. The molecule has 1 saturated carbocycles. The molecule has 3 N–H and O–H groups in total. The lowest BCUT2D eigenvalue weighted by Crippen LogP contribution is -2.49. The number of alkyl halides is 2. The van der Waals surface area contributed by atoms with Crippen LogP contribution in [0.1, 0.15) is 22.5 Å². The molecule has 35 heavy (non-hydrogen) atoms. The van der Waals surface area contributed by atoms with E-state index in [2.05, 4.69) is 20.7 Å². The summed E-state index contributed by atoms with van der Waals surface area (Å²) < 4.78 is 36.4. The molecule has 13 heteroatoms. The van der Waals surface area contributed by atoms with Crippen LogP contribution < -0.4 is 25.6 Å². The molecule has 2 fully saturated rings. The normalized spacial score (nSPS) is 16.8. The number of carbonyl (C=O) groups is 3. The molecule has 2 aromatic rings. The molecule has 1 aliphatic carbocycles. The lowest BCUT2D eigenvalue weighted by molar-refractivity contribution is -0.125. The van der Waals surface area contributed by atoms with Gasteiger partial charge in [0.2, 0.25) is 5.91 Å². The van der Waals surface area contributed by atoms with E-state index < -0.39 is 18.6 Å². The van der Waals surface area contributed by atoms with Crippen LogP contribution in [0.3, 0.4) is 0 Å². The largest absolute Gasteiger partial charge is 0.433 e. The third kappa shape index (κ3) is 6.88. The van der Waals surface area contributed by atoms with E-state index in [1.54, 1.807) is 12.1 Å². The van der Waals surface area contributed by atoms with Crippen molar-refractivity contribution >= 4 is 52.0 Å². The van der Waals surface area contributed by atoms with Crippen molar-refractivity contribution in [3.05, 3.63) is 39.5 Å². The fourth-order valence-electron chi connectivity index (χ4n) is 3.47. The third-order valence-electron chi connectivity index (χ3n) is 5.33. The second kappa shape index (κ2) is 11.3. The van der Waals surface area contributed by atoms with Gasteiger partial charge in [0.1, 0.15) is 12.6 Å². The van der Waals surface area contributed by atoms with E-state index in [1.807, 2.05) is 0 Å². The molecule has 1 aromatic carbocycles. The zero-order chi connectivity index (χ0) is 24.9. The predicted molar refractivity (Wildman–Crippen MR) is 126 cm³/mol. The minimum atomic E-state index is -3.14. The molecule has 188 valence electrons. The van der Waals surface area contributed by atoms with E-state index in [9.17, 15) is 23.2 Å². The molecular formula is C22H23ClF2N4O5S. The average Bonchev–Trinajstić information content (AvgIpc) is 3.54. The van der Waals surface area contributed by atoms with Crippen molar-refractivity contribution in [2.24, 2.45) is 0 Å². The summed E-state index contributed by atoms with van der Waals surface area (Å²) in [5.74, 6) is -1.51. The summed E-state index contributed by atoms with van der Waals surface area (Å²) in [4.78, 5) is 39.3. The van der Waals surface area contributed by atoms with Crippen molar-refractivity contribution in [1.29, 1.82) is 0 Å². The van der Waals surface area contributed by atoms with Crippen LogP contribution in [0.5, 0.6) is 5.75 Å². The van der Waals surface area contributed by atoms with E-state index in [0.717, 1.165) is 24.2 Å². The number of morpholine rings is 1. The van der Waals surface area contributed by atoms with Crippen LogP contribution in [0.25, 0.3) is 0 Å². The molecular weight excluding hydrogens is 506 g/mol. The van der Waals surface area contributed by atoms with Crippen LogP contribution >= 0.6 is 22.9 Å². The summed E-state index contributed by atoms with van der Waals surface area (Å²) in [6, 6.07) is 6.70. The number of hydrogen-bond donors (Lipinski definition) is 3. The van der Waals surface area contributed by atoms with Gasteiger partial charge in [0, 0.05) is 30.9 Å². The molecule has 1 aromatic heterocycles. The van der Waals surface area contributed by atoms with E-state index in [1.165, 1.54) is 23.1 Å². The number of rotatable bonds is 10. The number of halogens is 3. The second-order valence-corrected chi connectivity index (χ2v) is 9.67. The van der Waals surface area contributed by atoms with Gasteiger partial charge in [0.15, 0.2) is 5.75 Å². The van der Waals surface area contributed by atoms with Crippen molar-refractivity contribution in [2.75, 3.05) is 36.5 Å². The zero-order valence-electron chi connectivity index (χ0n) is 18.4.